The van der Waals surface area contributed by atoms with Gasteiger partial charge in [-0.1, -0.05) is 70.1 Å². The molecule has 0 heterocycles. The van der Waals surface area contributed by atoms with Gasteiger partial charge in [-0.3, -0.25) is 0 Å². The predicted molar refractivity (Wildman–Crippen MR) is 72.6 cm³/mol. The maximum Gasteiger partial charge on any atom is 0.0899 e. The Kier molecular flexibility index (Phi) is 12.1. The number of aliphatic hydroxyl groups excluding tert-OH is 1. The van der Waals surface area contributed by atoms with Crippen molar-refractivity contribution in [2.45, 2.75) is 70.8 Å². The third-order valence-corrected chi connectivity index (χ3v) is 2.80. The van der Waals surface area contributed by atoms with Crippen LogP contribution in [0, 0.1) is 0 Å². The Morgan fingerprint density at radius 2 is 1.56 bits per heavy atom. The first-order valence-electron chi connectivity index (χ1n) is 6.78. The van der Waals surface area contributed by atoms with E-state index in [4.69, 9.17) is 0 Å². The Balaban J connectivity index is 3.09. The fraction of sp³-hybridized carbons (Fsp3) is 0.733. The summed E-state index contributed by atoms with van der Waals surface area (Å²) >= 11 is 0. The van der Waals surface area contributed by atoms with Crippen LogP contribution in [-0.2, 0) is 0 Å². The summed E-state index contributed by atoms with van der Waals surface area (Å²) in [5.41, 5.74) is 0. The second-order valence-electron chi connectivity index (χ2n) is 4.42. The van der Waals surface area contributed by atoms with Gasteiger partial charge in [-0.05, 0) is 12.8 Å². The lowest BCUT2D eigenvalue weighted by Gasteiger charge is -2.00. The van der Waals surface area contributed by atoms with Gasteiger partial charge in [0.1, 0.15) is 0 Å². The average molecular weight is 224 g/mol. The molecule has 0 saturated carbocycles. The Morgan fingerprint density at radius 1 is 1.00 bits per heavy atom. The highest BCUT2D eigenvalue weighted by Crippen LogP contribution is 2.09. The molecular formula is C15H28O. The number of rotatable bonds is 11. The fourth-order valence-corrected chi connectivity index (χ4v) is 1.71. The van der Waals surface area contributed by atoms with Gasteiger partial charge in [-0.2, -0.15) is 0 Å². The quantitative estimate of drug-likeness (QED) is 0.401. The topological polar surface area (TPSA) is 20.2 Å². The molecule has 1 atom stereocenters. The highest BCUT2D eigenvalue weighted by atomic mass is 16.3. The monoisotopic (exact) mass is 224 g/mol. The van der Waals surface area contributed by atoms with Crippen LogP contribution in [0.2, 0.25) is 0 Å². The molecule has 0 saturated heterocycles. The van der Waals surface area contributed by atoms with Crippen molar-refractivity contribution in [2.24, 2.45) is 0 Å². The molecule has 0 fully saturated rings. The summed E-state index contributed by atoms with van der Waals surface area (Å²) in [5.74, 6) is 0. The van der Waals surface area contributed by atoms with Crippen LogP contribution >= 0.6 is 0 Å². The fourth-order valence-electron chi connectivity index (χ4n) is 1.71. The van der Waals surface area contributed by atoms with E-state index in [1.165, 1.54) is 51.4 Å². The zero-order chi connectivity index (χ0) is 12.1. The molecule has 0 amide bonds. The normalized spacial score (nSPS) is 13.1. The zero-order valence-electron chi connectivity index (χ0n) is 10.8. The van der Waals surface area contributed by atoms with Gasteiger partial charge in [-0.25, -0.2) is 0 Å². The second-order valence-corrected chi connectivity index (χ2v) is 4.42. The molecule has 0 radical (unpaired) electrons. The zero-order valence-corrected chi connectivity index (χ0v) is 10.8. The van der Waals surface area contributed by atoms with Crippen molar-refractivity contribution in [3.8, 4) is 0 Å². The van der Waals surface area contributed by atoms with Crippen LogP contribution < -0.4 is 0 Å². The second kappa shape index (κ2) is 12.5. The van der Waals surface area contributed by atoms with Gasteiger partial charge in [0.2, 0.25) is 0 Å². The number of hydrogen-bond acceptors (Lipinski definition) is 1. The standard InChI is InChI=1S/C15H28O/c1-3-5-6-7-8-9-10-11-12-13-14-15(16)4-2/h4,13-16H,2-3,5-12H2,1H3/b14-13+. The van der Waals surface area contributed by atoms with E-state index in [0.29, 0.717) is 0 Å². The smallest absolute Gasteiger partial charge is 0.0899 e. The summed E-state index contributed by atoms with van der Waals surface area (Å²) in [4.78, 5) is 0. The molecule has 94 valence electrons. The van der Waals surface area contributed by atoms with Gasteiger partial charge in [0.25, 0.3) is 0 Å². The molecule has 16 heavy (non-hydrogen) atoms. The molecule has 0 aliphatic rings. The van der Waals surface area contributed by atoms with Gasteiger partial charge in [0.05, 0.1) is 6.10 Å². The number of aliphatic hydroxyl groups is 1. The Morgan fingerprint density at radius 3 is 2.12 bits per heavy atom. The number of allylic oxidation sites excluding steroid dienone is 1. The Labute approximate surface area is 101 Å². The van der Waals surface area contributed by atoms with Gasteiger partial charge in [-0.15, -0.1) is 6.58 Å². The minimum atomic E-state index is -0.464. The van der Waals surface area contributed by atoms with E-state index < -0.39 is 6.10 Å². The predicted octanol–water partition coefficient (Wildman–Crippen LogP) is 4.62. The molecule has 0 aliphatic carbocycles. The summed E-state index contributed by atoms with van der Waals surface area (Å²) in [6.45, 7) is 5.78. The molecule has 0 aromatic rings. The van der Waals surface area contributed by atoms with Crippen molar-refractivity contribution in [3.05, 3.63) is 24.8 Å². The van der Waals surface area contributed by atoms with Crippen molar-refractivity contribution >= 4 is 0 Å². The first-order chi connectivity index (χ1) is 7.81. The lowest BCUT2D eigenvalue weighted by molar-refractivity contribution is 0.271. The molecule has 1 N–H and O–H groups in total. The van der Waals surface area contributed by atoms with Crippen molar-refractivity contribution in [3.63, 3.8) is 0 Å². The van der Waals surface area contributed by atoms with Crippen molar-refractivity contribution in [1.82, 2.24) is 0 Å². The lowest BCUT2D eigenvalue weighted by atomic mass is 10.1. The molecule has 1 nitrogen and oxygen atoms in total. The molecule has 0 aromatic carbocycles. The first kappa shape index (κ1) is 15.4. The highest BCUT2D eigenvalue weighted by Gasteiger charge is 1.91. The van der Waals surface area contributed by atoms with Gasteiger partial charge >= 0.3 is 0 Å². The van der Waals surface area contributed by atoms with Crippen molar-refractivity contribution in [2.75, 3.05) is 0 Å². The average Bonchev–Trinajstić information content (AvgIpc) is 2.31. The van der Waals surface area contributed by atoms with Crippen molar-refractivity contribution in [1.29, 1.82) is 0 Å². The van der Waals surface area contributed by atoms with E-state index in [9.17, 15) is 5.11 Å². The molecule has 0 bridgehead atoms. The SMILES string of the molecule is C=CC(O)/C=C/CCCCCCCCCC. The van der Waals surface area contributed by atoms with E-state index in [1.54, 1.807) is 6.08 Å². The van der Waals surface area contributed by atoms with Crippen LogP contribution in [0.1, 0.15) is 64.7 Å². The third kappa shape index (κ3) is 11.5. The highest BCUT2D eigenvalue weighted by molar-refractivity contribution is 4.97. The van der Waals surface area contributed by atoms with Crippen LogP contribution in [0.4, 0.5) is 0 Å². The third-order valence-electron chi connectivity index (χ3n) is 2.80. The minimum Gasteiger partial charge on any atom is -0.385 e. The summed E-state index contributed by atoms with van der Waals surface area (Å²) in [7, 11) is 0. The van der Waals surface area contributed by atoms with Crippen molar-refractivity contribution < 1.29 is 5.11 Å². The first-order valence-corrected chi connectivity index (χ1v) is 6.78. The molecule has 0 rings (SSSR count). The van der Waals surface area contributed by atoms with Gasteiger partial charge < -0.3 is 5.11 Å². The molecule has 0 aromatic heterocycles. The maximum atomic E-state index is 9.18. The Hall–Kier alpha value is -0.560. The minimum absolute atomic E-state index is 0.464. The van der Waals surface area contributed by atoms with Crippen LogP contribution in [-0.4, -0.2) is 11.2 Å². The van der Waals surface area contributed by atoms with Gasteiger partial charge in [0.15, 0.2) is 0 Å². The summed E-state index contributed by atoms with van der Waals surface area (Å²) in [6.07, 6.45) is 16.9. The molecule has 0 spiro atoms. The molecule has 1 heteroatoms. The van der Waals surface area contributed by atoms with Crippen LogP contribution in [0.5, 0.6) is 0 Å². The number of unbranched alkanes of at least 4 members (excludes halogenated alkanes) is 8. The Bertz CT molecular complexity index is 172. The van der Waals surface area contributed by atoms with Gasteiger partial charge in [0, 0.05) is 0 Å². The maximum absolute atomic E-state index is 9.18. The van der Waals surface area contributed by atoms with E-state index in [1.807, 2.05) is 6.08 Å². The largest absolute Gasteiger partial charge is 0.385 e. The van der Waals surface area contributed by atoms with E-state index in [0.717, 1.165) is 6.42 Å². The summed E-state index contributed by atoms with van der Waals surface area (Å²) in [5, 5.41) is 9.18. The molecule has 0 aliphatic heterocycles. The summed E-state index contributed by atoms with van der Waals surface area (Å²) in [6, 6.07) is 0. The van der Waals surface area contributed by atoms with E-state index in [2.05, 4.69) is 19.6 Å². The molecule has 1 unspecified atom stereocenters. The van der Waals surface area contributed by atoms with Crippen LogP contribution in [0.3, 0.4) is 0 Å². The molecular weight excluding hydrogens is 196 g/mol. The lowest BCUT2D eigenvalue weighted by Crippen LogP contribution is -1.93. The van der Waals surface area contributed by atoms with E-state index in [-0.39, 0.29) is 0 Å². The van der Waals surface area contributed by atoms with Crippen LogP contribution in [0.15, 0.2) is 24.8 Å². The summed E-state index contributed by atoms with van der Waals surface area (Å²) < 4.78 is 0. The van der Waals surface area contributed by atoms with Crippen LogP contribution in [0.25, 0.3) is 0 Å². The number of hydrogen-bond donors (Lipinski definition) is 1. The van der Waals surface area contributed by atoms with E-state index >= 15 is 0 Å².